The van der Waals surface area contributed by atoms with Crippen molar-refractivity contribution in [3.8, 4) is 0 Å². The molecule has 0 nitrogen and oxygen atoms in total. The molecule has 66 valence electrons. The molecule has 0 fully saturated rings. The van der Waals surface area contributed by atoms with E-state index >= 15 is 0 Å². The van der Waals surface area contributed by atoms with Crippen LogP contribution in [-0.4, -0.2) is 0 Å². The van der Waals surface area contributed by atoms with E-state index in [1.165, 1.54) is 24.0 Å². The van der Waals surface area contributed by atoms with Crippen LogP contribution in [0.15, 0.2) is 23.8 Å². The zero-order valence-electron chi connectivity index (χ0n) is 8.70. The fourth-order valence-electron chi connectivity index (χ4n) is 0.873. The van der Waals surface area contributed by atoms with Gasteiger partial charge in [0.1, 0.15) is 0 Å². The molecule has 0 rings (SSSR count). The van der Waals surface area contributed by atoms with E-state index in [2.05, 4.69) is 33.4 Å². The zero-order chi connectivity index (χ0) is 9.28. The quantitative estimate of drug-likeness (QED) is 0.531. The maximum Gasteiger partial charge on any atom is -0.0282 e. The van der Waals surface area contributed by atoms with Gasteiger partial charge >= 0.3 is 0 Å². The second-order valence-corrected chi connectivity index (χ2v) is 2.34. The van der Waals surface area contributed by atoms with Gasteiger partial charge in [-0.3, -0.25) is 0 Å². The van der Waals surface area contributed by atoms with Crippen LogP contribution in [0.2, 0.25) is 0 Å². The van der Waals surface area contributed by atoms with Crippen LogP contribution in [0.1, 0.15) is 47.5 Å². The van der Waals surface area contributed by atoms with E-state index in [-0.39, 0.29) is 0 Å². The van der Waals surface area contributed by atoms with Gasteiger partial charge < -0.3 is 0 Å². The molecule has 0 N–H and O–H groups in total. The van der Waals surface area contributed by atoms with Gasteiger partial charge in [-0.1, -0.05) is 45.4 Å². The number of allylic oxidation sites excluding steroid dienone is 3. The number of rotatable bonds is 3. The summed E-state index contributed by atoms with van der Waals surface area (Å²) in [5.74, 6) is 0. The molecule has 11 heavy (non-hydrogen) atoms. The zero-order valence-corrected chi connectivity index (χ0v) is 8.70. The predicted octanol–water partition coefficient (Wildman–Crippen LogP) is 4.34. The molecule has 0 aromatic heterocycles. The summed E-state index contributed by atoms with van der Waals surface area (Å²) < 4.78 is 0. The molecule has 0 unspecified atom stereocenters. The Morgan fingerprint density at radius 2 is 1.82 bits per heavy atom. The minimum Gasteiger partial charge on any atom is -0.0958 e. The normalized spacial score (nSPS) is 10.1. The molecule has 0 heterocycles. The Morgan fingerprint density at radius 1 is 1.36 bits per heavy atom. The Morgan fingerprint density at radius 3 is 1.91 bits per heavy atom. The van der Waals surface area contributed by atoms with Crippen LogP contribution in [0.3, 0.4) is 0 Å². The number of hydrogen-bond donors (Lipinski definition) is 0. The van der Waals surface area contributed by atoms with Crippen molar-refractivity contribution < 1.29 is 0 Å². The molecule has 0 aliphatic heterocycles. The molecule has 0 aliphatic rings. The van der Waals surface area contributed by atoms with Crippen molar-refractivity contribution in [2.24, 2.45) is 0 Å². The highest BCUT2D eigenvalue weighted by Gasteiger charge is 1.92. The summed E-state index contributed by atoms with van der Waals surface area (Å²) in [4.78, 5) is 0. The van der Waals surface area contributed by atoms with Gasteiger partial charge in [-0.2, -0.15) is 0 Å². The van der Waals surface area contributed by atoms with Crippen LogP contribution in [0.4, 0.5) is 0 Å². The Hall–Kier alpha value is -0.520. The van der Waals surface area contributed by atoms with Crippen LogP contribution >= 0.6 is 0 Å². The first kappa shape index (κ1) is 13.1. The van der Waals surface area contributed by atoms with Gasteiger partial charge in [0.2, 0.25) is 0 Å². The minimum absolute atomic E-state index is 1.17. The van der Waals surface area contributed by atoms with E-state index < -0.39 is 0 Å². The monoisotopic (exact) mass is 154 g/mol. The highest BCUT2D eigenvalue weighted by Crippen LogP contribution is 2.12. The van der Waals surface area contributed by atoms with Crippen molar-refractivity contribution in [3.05, 3.63) is 23.8 Å². The predicted molar refractivity (Wildman–Crippen MR) is 54.8 cm³/mol. The van der Waals surface area contributed by atoms with Crippen molar-refractivity contribution in [2.75, 3.05) is 0 Å². The van der Waals surface area contributed by atoms with Crippen molar-refractivity contribution in [2.45, 2.75) is 47.5 Å². The van der Waals surface area contributed by atoms with E-state index in [1.54, 1.807) is 0 Å². The third-order valence-corrected chi connectivity index (χ3v) is 1.42. The topological polar surface area (TPSA) is 0 Å². The highest BCUT2D eigenvalue weighted by atomic mass is 14.0. The summed E-state index contributed by atoms with van der Waals surface area (Å²) >= 11 is 0. The lowest BCUT2D eigenvalue weighted by Crippen LogP contribution is -1.81. The molecule has 0 bridgehead atoms. The lowest BCUT2D eigenvalue weighted by molar-refractivity contribution is 0.910. The molecule has 0 aromatic carbocycles. The van der Waals surface area contributed by atoms with Gasteiger partial charge in [0.25, 0.3) is 0 Å². The first-order valence-corrected chi connectivity index (χ1v) is 4.53. The Bertz CT molecular complexity index is 118. The largest absolute Gasteiger partial charge is 0.0958 e. The minimum atomic E-state index is 1.17. The smallest absolute Gasteiger partial charge is 0.0282 e. The van der Waals surface area contributed by atoms with Crippen LogP contribution < -0.4 is 0 Å². The standard InChI is InChI=1S/C9H16.C2H6/c1-5-7-9(6-2)8(3)4;1-2/h6H,3,5,7H2,1-2,4H3;1-2H3/b9-6+;. The lowest BCUT2D eigenvalue weighted by atomic mass is 10.0. The second-order valence-electron chi connectivity index (χ2n) is 2.34. The fraction of sp³-hybridized carbons (Fsp3) is 0.636. The van der Waals surface area contributed by atoms with Crippen molar-refractivity contribution >= 4 is 0 Å². The van der Waals surface area contributed by atoms with Gasteiger partial charge in [0.15, 0.2) is 0 Å². The highest BCUT2D eigenvalue weighted by molar-refractivity contribution is 5.24. The van der Waals surface area contributed by atoms with Gasteiger partial charge in [0.05, 0.1) is 0 Å². The fourth-order valence-corrected chi connectivity index (χ4v) is 0.873. The Balaban J connectivity index is 0. The van der Waals surface area contributed by atoms with Crippen LogP contribution in [0, 0.1) is 0 Å². The molecule has 0 radical (unpaired) electrons. The van der Waals surface area contributed by atoms with Gasteiger partial charge in [-0.25, -0.2) is 0 Å². The molecule has 0 amide bonds. The van der Waals surface area contributed by atoms with Gasteiger partial charge in [0, 0.05) is 0 Å². The van der Waals surface area contributed by atoms with Crippen molar-refractivity contribution in [1.29, 1.82) is 0 Å². The van der Waals surface area contributed by atoms with E-state index in [4.69, 9.17) is 0 Å². The Kier molecular flexibility index (Phi) is 11.3. The molecule has 0 saturated carbocycles. The molecule has 0 saturated heterocycles. The van der Waals surface area contributed by atoms with Crippen LogP contribution in [0.5, 0.6) is 0 Å². The van der Waals surface area contributed by atoms with Gasteiger partial charge in [-0.15, -0.1) is 0 Å². The first-order chi connectivity index (χ1) is 5.22. The van der Waals surface area contributed by atoms with Crippen LogP contribution in [0.25, 0.3) is 0 Å². The number of hydrogen-bond acceptors (Lipinski definition) is 0. The summed E-state index contributed by atoms with van der Waals surface area (Å²) in [6, 6.07) is 0. The van der Waals surface area contributed by atoms with E-state index in [9.17, 15) is 0 Å². The molecule has 0 spiro atoms. The lowest BCUT2D eigenvalue weighted by Gasteiger charge is -2.01. The average Bonchev–Trinajstić information content (AvgIpc) is 2.03. The van der Waals surface area contributed by atoms with E-state index in [1.807, 2.05) is 13.8 Å². The maximum atomic E-state index is 3.88. The van der Waals surface area contributed by atoms with E-state index in [0.29, 0.717) is 0 Å². The summed E-state index contributed by atoms with van der Waals surface area (Å²) in [7, 11) is 0. The first-order valence-electron chi connectivity index (χ1n) is 4.53. The maximum absolute atomic E-state index is 3.88. The van der Waals surface area contributed by atoms with Crippen molar-refractivity contribution in [3.63, 3.8) is 0 Å². The molecule has 0 aromatic rings. The van der Waals surface area contributed by atoms with Gasteiger partial charge in [-0.05, 0) is 25.8 Å². The summed E-state index contributed by atoms with van der Waals surface area (Å²) in [5, 5.41) is 0. The summed E-state index contributed by atoms with van der Waals surface area (Å²) in [6.07, 6.45) is 4.53. The SMILES string of the molecule is C=C(C)/C(=C/C)CCC.CC. The third-order valence-electron chi connectivity index (χ3n) is 1.42. The van der Waals surface area contributed by atoms with Crippen LogP contribution in [-0.2, 0) is 0 Å². The summed E-state index contributed by atoms with van der Waals surface area (Å²) in [6.45, 7) is 14.2. The molecular formula is C11H22. The third kappa shape index (κ3) is 7.38. The molecule has 0 atom stereocenters. The second kappa shape index (κ2) is 9.48. The molecular weight excluding hydrogens is 132 g/mol. The summed E-state index contributed by atoms with van der Waals surface area (Å²) in [5.41, 5.74) is 2.61. The Labute approximate surface area is 72.0 Å². The molecule has 0 aliphatic carbocycles. The molecule has 0 heteroatoms. The van der Waals surface area contributed by atoms with E-state index in [0.717, 1.165) is 0 Å². The van der Waals surface area contributed by atoms with Crippen molar-refractivity contribution in [1.82, 2.24) is 0 Å². The average molecular weight is 154 g/mol.